The van der Waals surface area contributed by atoms with Gasteiger partial charge >= 0.3 is 5.97 Å². The number of hydrogen-bond donors (Lipinski definition) is 1. The molecule has 0 aromatic heterocycles. The van der Waals surface area contributed by atoms with Crippen molar-refractivity contribution in [2.24, 2.45) is 5.73 Å². The van der Waals surface area contributed by atoms with Gasteiger partial charge < -0.3 is 24.8 Å². The van der Waals surface area contributed by atoms with Crippen LogP contribution in [0.25, 0.3) is 0 Å². The first-order valence-corrected chi connectivity index (χ1v) is 22.7. The van der Waals surface area contributed by atoms with Gasteiger partial charge in [0.2, 0.25) is 0 Å². The lowest BCUT2D eigenvalue weighted by atomic mass is 10.1. The molecule has 0 bridgehead atoms. The van der Waals surface area contributed by atoms with E-state index in [1.54, 1.807) is 6.07 Å². The molecule has 0 radical (unpaired) electrons. The number of ether oxygens (including phenoxy) is 3. The van der Waals surface area contributed by atoms with E-state index in [-0.39, 0.29) is 36.7 Å². The van der Waals surface area contributed by atoms with E-state index in [2.05, 4.69) is 68.5 Å². The number of halogens is 4. The molecular weight excluding hydrogens is 1000 g/mol. The molecule has 9 nitrogen and oxygen atoms in total. The largest absolute Gasteiger partial charge is 0.465 e. The summed E-state index contributed by atoms with van der Waals surface area (Å²) in [5, 5.41) is 0.595. The predicted octanol–water partition coefficient (Wildman–Crippen LogP) is 10.9. The van der Waals surface area contributed by atoms with Crippen LogP contribution in [-0.2, 0) is 48.9 Å². The van der Waals surface area contributed by atoms with Crippen molar-refractivity contribution in [3.63, 3.8) is 0 Å². The molecule has 4 aromatic carbocycles. The lowest BCUT2D eigenvalue weighted by Gasteiger charge is -2.15. The second-order valence-corrected chi connectivity index (χ2v) is 16.6. The second kappa shape index (κ2) is 28.4. The van der Waals surface area contributed by atoms with E-state index in [1.807, 2.05) is 89.8 Å². The third-order valence-corrected chi connectivity index (χ3v) is 12.1. The Labute approximate surface area is 376 Å². The Morgan fingerprint density at radius 2 is 1.29 bits per heavy atom. The summed E-state index contributed by atoms with van der Waals surface area (Å²) in [6.07, 6.45) is 6.79. The van der Waals surface area contributed by atoms with Crippen LogP contribution in [-0.4, -0.2) is 61.8 Å². The van der Waals surface area contributed by atoms with Gasteiger partial charge in [-0.15, -0.1) is 0 Å². The maximum atomic E-state index is 12.4. The molecule has 5 rings (SSSR count). The molecule has 4 aromatic rings. The molecule has 13 heteroatoms. The number of amides is 1. The van der Waals surface area contributed by atoms with E-state index in [1.165, 1.54) is 7.11 Å². The number of alkyl halides is 1. The number of hydrogen-bond acceptors (Lipinski definition) is 8. The summed E-state index contributed by atoms with van der Waals surface area (Å²) in [4.78, 5) is 49.0. The molecule has 58 heavy (non-hydrogen) atoms. The number of ketones is 2. The number of nitrogens with two attached hydrogens (primary N) is 1. The Hall–Kier alpha value is -3.04. The molecule has 2 N–H and O–H groups in total. The van der Waals surface area contributed by atoms with Gasteiger partial charge in [-0.3, -0.25) is 14.4 Å². The van der Waals surface area contributed by atoms with Crippen molar-refractivity contribution in [2.45, 2.75) is 76.5 Å². The highest BCUT2D eigenvalue weighted by Gasteiger charge is 2.26. The number of benzene rings is 4. The Bertz CT molecular complexity index is 1880. The summed E-state index contributed by atoms with van der Waals surface area (Å²) in [6, 6.07) is 29.1. The van der Waals surface area contributed by atoms with Crippen LogP contribution >= 0.6 is 63.7 Å². The van der Waals surface area contributed by atoms with Gasteiger partial charge in [0.05, 0.1) is 25.9 Å². The Kier molecular flexibility index (Phi) is 24.2. The predicted molar refractivity (Wildman–Crippen MR) is 243 cm³/mol. The topological polar surface area (TPSA) is 125 Å². The van der Waals surface area contributed by atoms with E-state index in [9.17, 15) is 19.2 Å². The number of unbranched alkanes of at least 4 members (excludes halogenated alkanes) is 4. The minimum Gasteiger partial charge on any atom is -0.465 e. The number of rotatable bonds is 21. The van der Waals surface area contributed by atoms with Gasteiger partial charge in [0.25, 0.3) is 5.91 Å². The first-order chi connectivity index (χ1) is 28.1. The fourth-order valence-corrected chi connectivity index (χ4v) is 8.08. The molecule has 0 fully saturated rings. The average molecular weight is 1050 g/mol. The zero-order valence-electron chi connectivity index (χ0n) is 32.9. The van der Waals surface area contributed by atoms with Gasteiger partial charge in [0, 0.05) is 50.2 Å². The molecule has 312 valence electrons. The molecule has 0 spiro atoms. The van der Waals surface area contributed by atoms with Crippen LogP contribution in [0.1, 0.15) is 94.3 Å². The number of esters is 1. The van der Waals surface area contributed by atoms with Gasteiger partial charge in [0.1, 0.15) is 13.2 Å². The first kappa shape index (κ1) is 49.3. The summed E-state index contributed by atoms with van der Waals surface area (Å²) in [5.74, 6) is 0.105. The molecule has 1 heterocycles. The van der Waals surface area contributed by atoms with Gasteiger partial charge in [-0.1, -0.05) is 105 Å². The number of Topliss-reactive ketones (excluding diaryl/α,β-unsaturated/α-hetero) is 2. The van der Waals surface area contributed by atoms with Crippen molar-refractivity contribution in [1.82, 2.24) is 4.90 Å². The van der Waals surface area contributed by atoms with E-state index in [0.717, 1.165) is 86.3 Å². The summed E-state index contributed by atoms with van der Waals surface area (Å²) in [5.41, 5.74) is 10.9. The van der Waals surface area contributed by atoms with Gasteiger partial charge in [-0.25, -0.2) is 4.79 Å². The minimum absolute atomic E-state index is 0.114. The van der Waals surface area contributed by atoms with Crippen molar-refractivity contribution in [3.05, 3.63) is 138 Å². The molecule has 0 unspecified atom stereocenters. The average Bonchev–Trinajstić information content (AvgIpc) is 3.54. The molecule has 1 aliphatic heterocycles. The fraction of sp³-hybridized carbons (Fsp3) is 0.378. The Balaban J connectivity index is 0.000000250. The number of carbonyl (C=O) groups is 4. The van der Waals surface area contributed by atoms with Gasteiger partial charge in [-0.05, 0) is 117 Å². The smallest absolute Gasteiger partial charge is 0.338 e. The van der Waals surface area contributed by atoms with Gasteiger partial charge in [0.15, 0.2) is 11.6 Å². The van der Waals surface area contributed by atoms with Crippen LogP contribution in [0, 0.1) is 0 Å². The third-order valence-electron chi connectivity index (χ3n) is 8.97. The molecule has 0 saturated heterocycles. The number of fused-ring (bicyclic) bond motifs is 1. The molecular formula is C45H52Br4N2O7. The highest BCUT2D eigenvalue weighted by atomic mass is 79.9. The van der Waals surface area contributed by atoms with Crippen molar-refractivity contribution < 1.29 is 33.4 Å². The maximum Gasteiger partial charge on any atom is 0.338 e. The summed E-state index contributed by atoms with van der Waals surface area (Å²) in [6.45, 7) is 3.50. The Morgan fingerprint density at radius 1 is 0.724 bits per heavy atom. The first-order valence-electron chi connectivity index (χ1n) is 19.2. The van der Waals surface area contributed by atoms with Crippen molar-refractivity contribution in [2.75, 3.05) is 33.4 Å². The monoisotopic (exact) mass is 1050 g/mol. The quantitative estimate of drug-likeness (QED) is 0.0497. The summed E-state index contributed by atoms with van der Waals surface area (Å²) in [7, 11) is 1.37. The fourth-order valence-electron chi connectivity index (χ4n) is 5.86. The van der Waals surface area contributed by atoms with Crippen molar-refractivity contribution >= 4 is 87.2 Å². The Morgan fingerprint density at radius 3 is 1.83 bits per heavy atom. The maximum absolute atomic E-state index is 12.4. The molecule has 1 aliphatic rings. The zero-order valence-corrected chi connectivity index (χ0v) is 39.2. The third kappa shape index (κ3) is 18.1. The SMILES string of the molecule is COC(=O)c1ccc(Br)c(Br)c1CBr.NCCCCCC(=O)COCc1ccccc1.O=C(CCCCCN1Cc2cc(Br)ccc2C1=O)COCc1ccccc1. The summed E-state index contributed by atoms with van der Waals surface area (Å²) >= 11 is 13.6. The van der Waals surface area contributed by atoms with Gasteiger partial charge in [-0.2, -0.15) is 0 Å². The molecule has 0 aliphatic carbocycles. The van der Waals surface area contributed by atoms with E-state index in [4.69, 9.17) is 15.2 Å². The van der Waals surface area contributed by atoms with Crippen LogP contribution in [0.3, 0.4) is 0 Å². The number of carbonyl (C=O) groups excluding carboxylic acids is 4. The second-order valence-electron chi connectivity index (χ2n) is 13.5. The van der Waals surface area contributed by atoms with Crippen LogP contribution in [0.4, 0.5) is 0 Å². The summed E-state index contributed by atoms with van der Waals surface area (Å²) < 4.78 is 18.3. The highest BCUT2D eigenvalue weighted by molar-refractivity contribution is 9.13. The number of methoxy groups -OCH3 is 1. The highest BCUT2D eigenvalue weighted by Crippen LogP contribution is 2.31. The standard InChI is InChI=1S/C22H24BrNO3.C14H21NO2.C9H7Br3O2/c23-19-10-11-21-18(13-19)14-24(22(21)26)12-6-2-5-9-20(25)16-27-15-17-7-3-1-4-8-17;15-10-6-2-5-9-14(16)12-17-11-13-7-3-1-4-8-13;1-14-9(13)5-2-3-7(11)8(12)6(5)4-10/h1,3-4,7-8,10-11,13H,2,5-6,9,12,14-16H2;1,3-4,7-8H,2,5-6,9-12,15H2;2-3H,4H2,1H3. The zero-order chi connectivity index (χ0) is 42.1. The molecule has 1 amide bonds. The van der Waals surface area contributed by atoms with Crippen molar-refractivity contribution in [1.29, 1.82) is 0 Å². The minimum atomic E-state index is -0.326. The van der Waals surface area contributed by atoms with Crippen LogP contribution in [0.5, 0.6) is 0 Å². The van der Waals surface area contributed by atoms with Crippen LogP contribution in [0.2, 0.25) is 0 Å². The normalized spacial score (nSPS) is 11.6. The van der Waals surface area contributed by atoms with Crippen LogP contribution < -0.4 is 5.73 Å². The van der Waals surface area contributed by atoms with E-state index in [0.29, 0.717) is 50.0 Å². The lowest BCUT2D eigenvalue weighted by molar-refractivity contribution is -0.124. The van der Waals surface area contributed by atoms with Crippen molar-refractivity contribution in [3.8, 4) is 0 Å². The molecule has 0 saturated carbocycles. The molecule has 0 atom stereocenters. The van der Waals surface area contributed by atoms with E-state index >= 15 is 0 Å². The van der Waals surface area contributed by atoms with Crippen LogP contribution in [0.15, 0.2) is 104 Å². The lowest BCUT2D eigenvalue weighted by Crippen LogP contribution is -2.24. The van der Waals surface area contributed by atoms with E-state index < -0.39 is 0 Å². The number of nitrogens with zero attached hydrogens (tertiary/aromatic N) is 1.